The van der Waals surface area contributed by atoms with Gasteiger partial charge in [-0.05, 0) is 43.3 Å². The van der Waals surface area contributed by atoms with Crippen molar-refractivity contribution in [1.82, 2.24) is 14.8 Å². The summed E-state index contributed by atoms with van der Waals surface area (Å²) in [7, 11) is 0. The molecule has 2 aromatic rings. The van der Waals surface area contributed by atoms with Crippen LogP contribution in [0.2, 0.25) is 0 Å². The van der Waals surface area contributed by atoms with Crippen LogP contribution in [0.4, 0.5) is 4.39 Å². The molecule has 1 saturated carbocycles. The number of halogens is 1. The van der Waals surface area contributed by atoms with Gasteiger partial charge in [-0.25, -0.2) is 4.39 Å². The van der Waals surface area contributed by atoms with Gasteiger partial charge >= 0.3 is 0 Å². The first-order valence-electron chi connectivity index (χ1n) is 5.58. The second-order valence-electron chi connectivity index (χ2n) is 4.27. The first-order valence-corrected chi connectivity index (χ1v) is 5.99. The Morgan fingerprint density at radius 2 is 2.28 bits per heavy atom. The van der Waals surface area contributed by atoms with Crippen LogP contribution in [0.3, 0.4) is 0 Å². The van der Waals surface area contributed by atoms with Gasteiger partial charge in [-0.1, -0.05) is 0 Å². The van der Waals surface area contributed by atoms with E-state index in [-0.39, 0.29) is 5.56 Å². The molecule has 6 heteroatoms. The lowest BCUT2D eigenvalue weighted by atomic mass is 10.2. The number of hydrogen-bond donors (Lipinski definition) is 1. The van der Waals surface area contributed by atoms with E-state index in [0.717, 1.165) is 18.7 Å². The van der Waals surface area contributed by atoms with Crippen LogP contribution >= 0.6 is 12.2 Å². The molecule has 0 radical (unpaired) electrons. The molecule has 1 aromatic carbocycles. The zero-order valence-corrected chi connectivity index (χ0v) is 10.2. The molecule has 0 bridgehead atoms. The van der Waals surface area contributed by atoms with Crippen LogP contribution < -0.4 is 0 Å². The van der Waals surface area contributed by atoms with Gasteiger partial charge in [-0.3, -0.25) is 9.67 Å². The number of aromatic nitrogens is 3. The van der Waals surface area contributed by atoms with Crippen molar-refractivity contribution in [2.24, 2.45) is 0 Å². The van der Waals surface area contributed by atoms with Gasteiger partial charge in [0.1, 0.15) is 17.7 Å². The Kier molecular flexibility index (Phi) is 2.49. The standard InChI is InChI=1S/C12H9FN4S/c13-10-4-3-9(5-8(10)6-14)17-11(7-1-2-7)15-16-12(17)18/h3-5,7H,1-2H2,(H,16,18). The number of nitrogens with zero attached hydrogens (tertiary/aromatic N) is 3. The summed E-state index contributed by atoms with van der Waals surface area (Å²) >= 11 is 5.18. The van der Waals surface area contributed by atoms with Crippen LogP contribution in [0.1, 0.15) is 30.1 Å². The molecule has 1 aliphatic rings. The molecule has 1 aromatic heterocycles. The van der Waals surface area contributed by atoms with Crippen LogP contribution in [-0.2, 0) is 0 Å². The highest BCUT2D eigenvalue weighted by atomic mass is 32.1. The molecule has 0 aliphatic heterocycles. The van der Waals surface area contributed by atoms with Crippen molar-refractivity contribution < 1.29 is 4.39 Å². The smallest absolute Gasteiger partial charge is 0.199 e. The molecule has 18 heavy (non-hydrogen) atoms. The number of nitrogens with one attached hydrogen (secondary N) is 1. The lowest BCUT2D eigenvalue weighted by Gasteiger charge is -2.06. The molecule has 1 fully saturated rings. The zero-order chi connectivity index (χ0) is 12.7. The van der Waals surface area contributed by atoms with Crippen molar-refractivity contribution in [1.29, 1.82) is 5.26 Å². The predicted octanol–water partition coefficient (Wildman–Crippen LogP) is 2.82. The Labute approximate surface area is 108 Å². The van der Waals surface area contributed by atoms with Crippen LogP contribution in [-0.4, -0.2) is 14.8 Å². The molecule has 4 nitrogen and oxygen atoms in total. The van der Waals surface area contributed by atoms with Gasteiger partial charge in [0.05, 0.1) is 11.3 Å². The van der Waals surface area contributed by atoms with Gasteiger partial charge in [0.2, 0.25) is 0 Å². The van der Waals surface area contributed by atoms with Crippen molar-refractivity contribution >= 4 is 12.2 Å². The number of rotatable bonds is 2. The first-order chi connectivity index (χ1) is 8.70. The number of nitriles is 1. The summed E-state index contributed by atoms with van der Waals surface area (Å²) < 4.78 is 15.5. The van der Waals surface area contributed by atoms with Gasteiger partial charge in [0.15, 0.2) is 4.77 Å². The lowest BCUT2D eigenvalue weighted by molar-refractivity contribution is 0.623. The number of aromatic amines is 1. The lowest BCUT2D eigenvalue weighted by Crippen LogP contribution is -2.01. The summed E-state index contributed by atoms with van der Waals surface area (Å²) in [5, 5.41) is 15.8. The molecule has 0 amide bonds. The summed E-state index contributed by atoms with van der Waals surface area (Å²) in [4.78, 5) is 0. The van der Waals surface area contributed by atoms with Crippen molar-refractivity contribution in [2.45, 2.75) is 18.8 Å². The fraction of sp³-hybridized carbons (Fsp3) is 0.250. The Balaban J connectivity index is 2.18. The van der Waals surface area contributed by atoms with Crippen LogP contribution in [0.15, 0.2) is 18.2 Å². The molecule has 0 saturated heterocycles. The van der Waals surface area contributed by atoms with E-state index in [1.165, 1.54) is 12.1 Å². The number of benzene rings is 1. The Morgan fingerprint density at radius 1 is 1.50 bits per heavy atom. The van der Waals surface area contributed by atoms with Gasteiger partial charge in [0, 0.05) is 5.92 Å². The third-order valence-corrected chi connectivity index (χ3v) is 3.24. The minimum atomic E-state index is -0.524. The van der Waals surface area contributed by atoms with Crippen LogP contribution in [0.5, 0.6) is 0 Å². The summed E-state index contributed by atoms with van der Waals surface area (Å²) in [5.41, 5.74) is 0.686. The summed E-state index contributed by atoms with van der Waals surface area (Å²) in [6.07, 6.45) is 2.18. The van der Waals surface area contributed by atoms with Crippen molar-refractivity contribution in [3.05, 3.63) is 40.2 Å². The van der Waals surface area contributed by atoms with Crippen LogP contribution in [0.25, 0.3) is 5.69 Å². The maximum absolute atomic E-state index is 13.3. The highest BCUT2D eigenvalue weighted by Gasteiger charge is 2.29. The number of hydrogen-bond acceptors (Lipinski definition) is 3. The molecule has 0 atom stereocenters. The predicted molar refractivity (Wildman–Crippen MR) is 65.4 cm³/mol. The van der Waals surface area contributed by atoms with E-state index < -0.39 is 5.82 Å². The molecule has 1 aliphatic carbocycles. The fourth-order valence-electron chi connectivity index (χ4n) is 1.91. The normalized spacial score (nSPS) is 14.4. The zero-order valence-electron chi connectivity index (χ0n) is 9.35. The highest BCUT2D eigenvalue weighted by molar-refractivity contribution is 7.71. The van der Waals surface area contributed by atoms with E-state index in [0.29, 0.717) is 16.4 Å². The van der Waals surface area contributed by atoms with Gasteiger partial charge < -0.3 is 0 Å². The largest absolute Gasteiger partial charge is 0.272 e. The molecule has 0 spiro atoms. The SMILES string of the molecule is N#Cc1cc(-n2c(C3CC3)n[nH]c2=S)ccc1F. The van der Waals surface area contributed by atoms with E-state index >= 15 is 0 Å². The Morgan fingerprint density at radius 3 is 2.94 bits per heavy atom. The maximum atomic E-state index is 13.3. The molecular formula is C12H9FN4S. The van der Waals surface area contributed by atoms with Crippen molar-refractivity contribution in [3.63, 3.8) is 0 Å². The molecular weight excluding hydrogens is 251 g/mol. The third-order valence-electron chi connectivity index (χ3n) is 2.97. The molecule has 1 N–H and O–H groups in total. The molecule has 0 unspecified atom stereocenters. The monoisotopic (exact) mass is 260 g/mol. The van der Waals surface area contributed by atoms with E-state index in [1.54, 1.807) is 10.6 Å². The number of H-pyrrole nitrogens is 1. The minimum Gasteiger partial charge on any atom is -0.272 e. The quantitative estimate of drug-likeness (QED) is 0.845. The Hall–Kier alpha value is -2.00. The second kappa shape index (κ2) is 4.03. The van der Waals surface area contributed by atoms with E-state index in [9.17, 15) is 4.39 Å². The van der Waals surface area contributed by atoms with Gasteiger partial charge in [-0.2, -0.15) is 10.4 Å². The van der Waals surface area contributed by atoms with Crippen molar-refractivity contribution in [2.75, 3.05) is 0 Å². The minimum absolute atomic E-state index is 0.0114. The maximum Gasteiger partial charge on any atom is 0.199 e. The highest BCUT2D eigenvalue weighted by Crippen LogP contribution is 2.39. The van der Waals surface area contributed by atoms with Gasteiger partial charge in [-0.15, -0.1) is 0 Å². The summed E-state index contributed by atoms with van der Waals surface area (Å²) in [6.45, 7) is 0. The van der Waals surface area contributed by atoms with E-state index in [4.69, 9.17) is 17.5 Å². The molecule has 3 rings (SSSR count). The average Bonchev–Trinajstić information content (AvgIpc) is 3.14. The topological polar surface area (TPSA) is 57.4 Å². The Bertz CT molecular complexity index is 706. The first kappa shape index (κ1) is 11.1. The summed E-state index contributed by atoms with van der Waals surface area (Å²) in [6, 6.07) is 6.20. The molecule has 1 heterocycles. The van der Waals surface area contributed by atoms with Crippen LogP contribution in [0, 0.1) is 21.9 Å². The molecule has 90 valence electrons. The third kappa shape index (κ3) is 1.73. The fourth-order valence-corrected chi connectivity index (χ4v) is 2.16. The summed E-state index contributed by atoms with van der Waals surface area (Å²) in [5.74, 6) is 0.744. The van der Waals surface area contributed by atoms with Gasteiger partial charge in [0.25, 0.3) is 0 Å². The second-order valence-corrected chi connectivity index (χ2v) is 4.66. The van der Waals surface area contributed by atoms with Crippen molar-refractivity contribution in [3.8, 4) is 11.8 Å². The van der Waals surface area contributed by atoms with E-state index in [2.05, 4.69) is 10.2 Å². The van der Waals surface area contributed by atoms with E-state index in [1.807, 2.05) is 6.07 Å². The average molecular weight is 260 g/mol.